The van der Waals surface area contributed by atoms with Crippen molar-refractivity contribution < 1.29 is 9.53 Å². The molecule has 8 heteroatoms. The highest BCUT2D eigenvalue weighted by Crippen LogP contribution is 2.24. The Morgan fingerprint density at radius 1 is 1.00 bits per heavy atom. The first-order valence-corrected chi connectivity index (χ1v) is 10.6. The van der Waals surface area contributed by atoms with Gasteiger partial charge in [0.05, 0.1) is 10.9 Å². The van der Waals surface area contributed by atoms with E-state index in [4.69, 9.17) is 4.74 Å². The number of aromatic nitrogens is 4. The van der Waals surface area contributed by atoms with Gasteiger partial charge in [-0.15, -0.1) is 5.10 Å². The van der Waals surface area contributed by atoms with Gasteiger partial charge in [-0.1, -0.05) is 60.3 Å². The number of nitrogens with one attached hydrogen (secondary N) is 1. The molecule has 31 heavy (non-hydrogen) atoms. The summed E-state index contributed by atoms with van der Waals surface area (Å²) in [6.45, 7) is 2.32. The minimum absolute atomic E-state index is 0.134. The van der Waals surface area contributed by atoms with Gasteiger partial charge in [0.2, 0.25) is 11.1 Å². The van der Waals surface area contributed by atoms with Crippen LogP contribution in [0, 0.1) is 0 Å². The van der Waals surface area contributed by atoms with Gasteiger partial charge in [-0.25, -0.2) is 0 Å². The second-order valence-corrected chi connectivity index (χ2v) is 8.06. The van der Waals surface area contributed by atoms with Crippen LogP contribution < -0.4 is 10.1 Å². The fourth-order valence-corrected chi connectivity index (χ4v) is 3.62. The van der Waals surface area contributed by atoms with Crippen molar-refractivity contribution in [1.82, 2.24) is 20.2 Å². The van der Waals surface area contributed by atoms with E-state index in [9.17, 15) is 4.79 Å². The summed E-state index contributed by atoms with van der Waals surface area (Å²) < 4.78 is 7.40. The molecular formula is C23H21N5O2S. The zero-order valence-electron chi connectivity index (χ0n) is 16.9. The van der Waals surface area contributed by atoms with Gasteiger partial charge in [0, 0.05) is 5.69 Å². The maximum absolute atomic E-state index is 12.6. The summed E-state index contributed by atoms with van der Waals surface area (Å²) in [6.07, 6.45) is 0. The molecule has 3 aromatic carbocycles. The number of amides is 1. The molecule has 1 atom stereocenters. The third kappa shape index (κ3) is 5.49. The molecule has 4 rings (SSSR count). The fraction of sp³-hybridized carbons (Fsp3) is 0.130. The van der Waals surface area contributed by atoms with E-state index in [0.717, 1.165) is 17.0 Å². The summed E-state index contributed by atoms with van der Waals surface area (Å²) in [5.74, 6) is 0.608. The molecule has 0 aliphatic carbocycles. The van der Waals surface area contributed by atoms with Crippen molar-refractivity contribution in [3.63, 3.8) is 0 Å². The molecule has 156 valence electrons. The molecule has 0 bridgehead atoms. The molecule has 0 aliphatic heterocycles. The predicted octanol–water partition coefficient (Wildman–Crippen LogP) is 4.36. The standard InChI is InChI=1S/C23H21N5O2S/c1-17(31-23-25-26-27-28(23)20-10-6-3-7-11-20)22(29)24-19-12-14-21(15-13-19)30-16-18-8-4-2-5-9-18/h2-15,17H,16H2,1H3,(H,24,29)/t17-/m0/s1. The molecule has 7 nitrogen and oxygen atoms in total. The third-order valence-electron chi connectivity index (χ3n) is 4.46. The average Bonchev–Trinajstić information content (AvgIpc) is 3.28. The van der Waals surface area contributed by atoms with Crippen molar-refractivity contribution in [3.8, 4) is 11.4 Å². The zero-order valence-corrected chi connectivity index (χ0v) is 17.7. The number of nitrogens with zero attached hydrogens (tertiary/aromatic N) is 4. The van der Waals surface area contributed by atoms with Gasteiger partial charge in [-0.3, -0.25) is 4.79 Å². The predicted molar refractivity (Wildman–Crippen MR) is 120 cm³/mol. The second kappa shape index (κ2) is 9.90. The Bertz CT molecular complexity index is 1120. The van der Waals surface area contributed by atoms with Crippen LogP contribution in [-0.4, -0.2) is 31.4 Å². The van der Waals surface area contributed by atoms with E-state index in [1.165, 1.54) is 11.8 Å². The van der Waals surface area contributed by atoms with E-state index in [1.807, 2.05) is 91.9 Å². The summed E-state index contributed by atoms with van der Waals surface area (Å²) >= 11 is 1.30. The Morgan fingerprint density at radius 2 is 1.68 bits per heavy atom. The number of ether oxygens (including phenoxy) is 1. The molecule has 0 unspecified atom stereocenters. The molecule has 0 spiro atoms. The number of anilines is 1. The van der Waals surface area contributed by atoms with Gasteiger partial charge >= 0.3 is 0 Å². The lowest BCUT2D eigenvalue weighted by Crippen LogP contribution is -2.22. The number of para-hydroxylation sites is 1. The second-order valence-electron chi connectivity index (χ2n) is 6.76. The third-order valence-corrected chi connectivity index (χ3v) is 5.50. The van der Waals surface area contributed by atoms with Crippen LogP contribution in [-0.2, 0) is 11.4 Å². The number of hydrogen-bond acceptors (Lipinski definition) is 6. The van der Waals surface area contributed by atoms with Crippen molar-refractivity contribution in [2.45, 2.75) is 23.9 Å². The van der Waals surface area contributed by atoms with Crippen LogP contribution >= 0.6 is 11.8 Å². The van der Waals surface area contributed by atoms with Gasteiger partial charge in [0.25, 0.3) is 0 Å². The minimum Gasteiger partial charge on any atom is -0.489 e. The van der Waals surface area contributed by atoms with E-state index in [1.54, 1.807) is 4.68 Å². The van der Waals surface area contributed by atoms with Gasteiger partial charge < -0.3 is 10.1 Å². The van der Waals surface area contributed by atoms with Crippen LogP contribution in [0.25, 0.3) is 5.69 Å². The molecule has 0 fully saturated rings. The van der Waals surface area contributed by atoms with Crippen LogP contribution in [0.15, 0.2) is 90.1 Å². The van der Waals surface area contributed by atoms with Gasteiger partial charge in [0.15, 0.2) is 0 Å². The number of carbonyl (C=O) groups excluding carboxylic acids is 1. The number of tetrazole rings is 1. The molecule has 0 radical (unpaired) electrons. The van der Waals surface area contributed by atoms with Crippen LogP contribution in [0.1, 0.15) is 12.5 Å². The Labute approximate surface area is 184 Å². The minimum atomic E-state index is -0.387. The molecule has 0 saturated carbocycles. The molecular weight excluding hydrogens is 410 g/mol. The Kier molecular flexibility index (Phi) is 6.59. The summed E-state index contributed by atoms with van der Waals surface area (Å²) in [6, 6.07) is 26.9. The molecule has 1 aromatic heterocycles. The quantitative estimate of drug-likeness (QED) is 0.418. The van der Waals surface area contributed by atoms with Gasteiger partial charge in [0.1, 0.15) is 12.4 Å². The lowest BCUT2D eigenvalue weighted by atomic mass is 10.2. The zero-order chi connectivity index (χ0) is 21.5. The van der Waals surface area contributed by atoms with Gasteiger partial charge in [-0.05, 0) is 59.3 Å². The molecule has 1 N–H and O–H groups in total. The topological polar surface area (TPSA) is 81.9 Å². The Hall–Kier alpha value is -3.65. The summed E-state index contributed by atoms with van der Waals surface area (Å²) in [4.78, 5) is 12.6. The number of carbonyl (C=O) groups is 1. The van der Waals surface area contributed by atoms with Crippen LogP contribution in [0.4, 0.5) is 5.69 Å². The fourth-order valence-electron chi connectivity index (χ4n) is 2.81. The number of rotatable bonds is 8. The lowest BCUT2D eigenvalue weighted by Gasteiger charge is -2.12. The summed E-state index contributed by atoms with van der Waals surface area (Å²) in [5.41, 5.74) is 2.64. The van der Waals surface area contributed by atoms with Crippen molar-refractivity contribution in [2.75, 3.05) is 5.32 Å². The first-order chi connectivity index (χ1) is 15.2. The van der Waals surface area contributed by atoms with E-state index in [0.29, 0.717) is 17.5 Å². The van der Waals surface area contributed by atoms with Crippen LogP contribution in [0.3, 0.4) is 0 Å². The highest BCUT2D eigenvalue weighted by atomic mass is 32.2. The SMILES string of the molecule is C[C@H](Sc1nnnn1-c1ccccc1)C(=O)Nc1ccc(OCc2ccccc2)cc1. The van der Waals surface area contributed by atoms with Crippen LogP contribution in [0.2, 0.25) is 0 Å². The van der Waals surface area contributed by atoms with E-state index in [-0.39, 0.29) is 11.2 Å². The largest absolute Gasteiger partial charge is 0.489 e. The van der Waals surface area contributed by atoms with E-state index in [2.05, 4.69) is 20.8 Å². The highest BCUT2D eigenvalue weighted by molar-refractivity contribution is 8.00. The first-order valence-electron chi connectivity index (χ1n) is 9.77. The molecule has 0 saturated heterocycles. The number of thioether (sulfide) groups is 1. The lowest BCUT2D eigenvalue weighted by molar-refractivity contribution is -0.115. The van der Waals surface area contributed by atoms with E-state index >= 15 is 0 Å². The maximum Gasteiger partial charge on any atom is 0.237 e. The van der Waals surface area contributed by atoms with Crippen molar-refractivity contribution in [3.05, 3.63) is 90.5 Å². The Morgan fingerprint density at radius 3 is 2.39 bits per heavy atom. The maximum atomic E-state index is 12.6. The van der Waals surface area contributed by atoms with Crippen molar-refractivity contribution >= 4 is 23.4 Å². The van der Waals surface area contributed by atoms with Crippen molar-refractivity contribution in [2.24, 2.45) is 0 Å². The summed E-state index contributed by atoms with van der Waals surface area (Å²) in [7, 11) is 0. The number of hydrogen-bond donors (Lipinski definition) is 1. The average molecular weight is 432 g/mol. The smallest absolute Gasteiger partial charge is 0.237 e. The monoisotopic (exact) mass is 431 g/mol. The van der Waals surface area contributed by atoms with Gasteiger partial charge in [-0.2, -0.15) is 4.68 Å². The molecule has 4 aromatic rings. The molecule has 1 heterocycles. The Balaban J connectivity index is 1.33. The first kappa shape index (κ1) is 20.6. The molecule has 1 amide bonds. The molecule has 0 aliphatic rings. The van der Waals surface area contributed by atoms with E-state index < -0.39 is 0 Å². The summed E-state index contributed by atoms with van der Waals surface area (Å²) in [5, 5.41) is 14.9. The normalized spacial score (nSPS) is 11.6. The number of benzene rings is 3. The van der Waals surface area contributed by atoms with Crippen LogP contribution in [0.5, 0.6) is 5.75 Å². The highest BCUT2D eigenvalue weighted by Gasteiger charge is 2.19. The van der Waals surface area contributed by atoms with Crippen molar-refractivity contribution in [1.29, 1.82) is 0 Å².